The van der Waals surface area contributed by atoms with E-state index in [1.54, 1.807) is 6.33 Å². The maximum absolute atomic E-state index is 4.01. The number of H-pyrrole nitrogens is 1. The number of aromatic amines is 1. The highest BCUT2D eigenvalue weighted by Crippen LogP contribution is 2.19. The number of nitrogens with one attached hydrogen (secondary N) is 2. The molecule has 0 saturated carbocycles. The van der Waals surface area contributed by atoms with Crippen LogP contribution in [0.1, 0.15) is 24.5 Å². The minimum absolute atomic E-state index is 0.659. The standard InChI is InChI=1S/C8H13N3/c1-2-7(4-9-3-1)8-5-10-6-11-8/h5-7,9H,1-4H2,(H,10,11)/t7-/m0/s1. The lowest BCUT2D eigenvalue weighted by molar-refractivity contribution is 0.456. The van der Waals surface area contributed by atoms with Gasteiger partial charge in [-0.05, 0) is 19.4 Å². The van der Waals surface area contributed by atoms with Crippen LogP contribution < -0.4 is 5.32 Å². The summed E-state index contributed by atoms with van der Waals surface area (Å²) in [4.78, 5) is 7.17. The molecule has 3 heteroatoms. The predicted octanol–water partition coefficient (Wildman–Crippen LogP) is 0.877. The first-order valence-corrected chi connectivity index (χ1v) is 4.16. The van der Waals surface area contributed by atoms with E-state index in [-0.39, 0.29) is 0 Å². The molecule has 1 aromatic rings. The fourth-order valence-corrected chi connectivity index (χ4v) is 1.61. The van der Waals surface area contributed by atoms with E-state index in [9.17, 15) is 0 Å². The Morgan fingerprint density at radius 2 is 2.55 bits per heavy atom. The average molecular weight is 151 g/mol. The number of aromatic nitrogens is 2. The van der Waals surface area contributed by atoms with Gasteiger partial charge in [-0.1, -0.05) is 0 Å². The van der Waals surface area contributed by atoms with Gasteiger partial charge in [0.05, 0.1) is 6.33 Å². The molecule has 3 nitrogen and oxygen atoms in total. The van der Waals surface area contributed by atoms with Crippen LogP contribution >= 0.6 is 0 Å². The van der Waals surface area contributed by atoms with Crippen LogP contribution in [0.25, 0.3) is 0 Å². The Bertz CT molecular complexity index is 199. The van der Waals surface area contributed by atoms with E-state index in [1.807, 2.05) is 6.20 Å². The van der Waals surface area contributed by atoms with Crippen LogP contribution in [0.3, 0.4) is 0 Å². The minimum atomic E-state index is 0.659. The van der Waals surface area contributed by atoms with Gasteiger partial charge in [0.1, 0.15) is 0 Å². The summed E-state index contributed by atoms with van der Waals surface area (Å²) in [6, 6.07) is 0. The number of imidazole rings is 1. The fourth-order valence-electron chi connectivity index (χ4n) is 1.61. The van der Waals surface area contributed by atoms with Crippen molar-refractivity contribution in [2.24, 2.45) is 0 Å². The SMILES string of the molecule is c1ncc([C@H]2CCCNC2)[nH]1. The van der Waals surface area contributed by atoms with Crippen LogP contribution in [0.5, 0.6) is 0 Å². The molecule has 0 unspecified atom stereocenters. The van der Waals surface area contributed by atoms with Gasteiger partial charge in [-0.15, -0.1) is 0 Å². The maximum Gasteiger partial charge on any atom is 0.0921 e. The Morgan fingerprint density at radius 3 is 3.18 bits per heavy atom. The van der Waals surface area contributed by atoms with E-state index in [1.165, 1.54) is 25.1 Å². The van der Waals surface area contributed by atoms with Gasteiger partial charge in [0.15, 0.2) is 0 Å². The van der Waals surface area contributed by atoms with Crippen molar-refractivity contribution in [3.63, 3.8) is 0 Å². The van der Waals surface area contributed by atoms with Crippen LogP contribution in [0.4, 0.5) is 0 Å². The lowest BCUT2D eigenvalue weighted by Gasteiger charge is -2.20. The van der Waals surface area contributed by atoms with Crippen molar-refractivity contribution < 1.29 is 0 Å². The molecule has 60 valence electrons. The summed E-state index contributed by atoms with van der Waals surface area (Å²) in [6.45, 7) is 2.27. The monoisotopic (exact) mass is 151 g/mol. The van der Waals surface area contributed by atoms with E-state index >= 15 is 0 Å². The van der Waals surface area contributed by atoms with Crippen molar-refractivity contribution in [3.8, 4) is 0 Å². The first-order chi connectivity index (χ1) is 5.47. The Morgan fingerprint density at radius 1 is 1.55 bits per heavy atom. The topological polar surface area (TPSA) is 40.7 Å². The molecule has 11 heavy (non-hydrogen) atoms. The van der Waals surface area contributed by atoms with E-state index in [2.05, 4.69) is 15.3 Å². The van der Waals surface area contributed by atoms with E-state index in [0.29, 0.717) is 5.92 Å². The highest BCUT2D eigenvalue weighted by atomic mass is 14.9. The number of hydrogen-bond acceptors (Lipinski definition) is 2. The van der Waals surface area contributed by atoms with Crippen molar-refractivity contribution in [1.29, 1.82) is 0 Å². The average Bonchev–Trinajstić information content (AvgIpc) is 2.58. The van der Waals surface area contributed by atoms with E-state index < -0.39 is 0 Å². The van der Waals surface area contributed by atoms with Crippen LogP contribution in [-0.4, -0.2) is 23.1 Å². The Kier molecular flexibility index (Phi) is 1.90. The third-order valence-corrected chi connectivity index (χ3v) is 2.26. The Balaban J connectivity index is 2.04. The summed E-state index contributed by atoms with van der Waals surface area (Å²) in [7, 11) is 0. The van der Waals surface area contributed by atoms with E-state index in [0.717, 1.165) is 6.54 Å². The van der Waals surface area contributed by atoms with Crippen molar-refractivity contribution in [1.82, 2.24) is 15.3 Å². The number of hydrogen-bond donors (Lipinski definition) is 2. The summed E-state index contributed by atoms with van der Waals surface area (Å²) >= 11 is 0. The molecule has 2 heterocycles. The molecule has 0 bridgehead atoms. The molecule has 1 atom stereocenters. The van der Waals surface area contributed by atoms with Gasteiger partial charge in [-0.3, -0.25) is 0 Å². The first kappa shape index (κ1) is 6.85. The fraction of sp³-hybridized carbons (Fsp3) is 0.625. The van der Waals surface area contributed by atoms with E-state index in [4.69, 9.17) is 0 Å². The quantitative estimate of drug-likeness (QED) is 0.625. The molecule has 1 aliphatic rings. The number of rotatable bonds is 1. The normalized spacial score (nSPS) is 25.3. The number of nitrogens with zero attached hydrogens (tertiary/aromatic N) is 1. The number of piperidine rings is 1. The van der Waals surface area contributed by atoms with Crippen molar-refractivity contribution >= 4 is 0 Å². The molecule has 2 N–H and O–H groups in total. The molecule has 1 aliphatic heterocycles. The molecule has 0 spiro atoms. The van der Waals surface area contributed by atoms with Gasteiger partial charge in [-0.25, -0.2) is 4.98 Å². The molecule has 1 aromatic heterocycles. The zero-order valence-electron chi connectivity index (χ0n) is 6.51. The van der Waals surface area contributed by atoms with Crippen LogP contribution in [-0.2, 0) is 0 Å². The molecule has 1 saturated heterocycles. The molecule has 0 aromatic carbocycles. The zero-order valence-corrected chi connectivity index (χ0v) is 6.51. The summed E-state index contributed by atoms with van der Waals surface area (Å²) in [5.74, 6) is 0.659. The van der Waals surface area contributed by atoms with Gasteiger partial charge >= 0.3 is 0 Å². The van der Waals surface area contributed by atoms with Gasteiger partial charge in [-0.2, -0.15) is 0 Å². The zero-order chi connectivity index (χ0) is 7.52. The highest BCUT2D eigenvalue weighted by Gasteiger charge is 2.15. The lowest BCUT2D eigenvalue weighted by atomic mass is 9.97. The van der Waals surface area contributed by atoms with Crippen molar-refractivity contribution in [2.45, 2.75) is 18.8 Å². The lowest BCUT2D eigenvalue weighted by Crippen LogP contribution is -2.28. The van der Waals surface area contributed by atoms with Crippen LogP contribution in [0.15, 0.2) is 12.5 Å². The smallest absolute Gasteiger partial charge is 0.0921 e. The second-order valence-corrected chi connectivity index (χ2v) is 3.05. The molecule has 0 aliphatic carbocycles. The summed E-state index contributed by atoms with van der Waals surface area (Å²) < 4.78 is 0. The minimum Gasteiger partial charge on any atom is -0.348 e. The highest BCUT2D eigenvalue weighted by molar-refractivity contribution is 5.05. The molecule has 0 radical (unpaired) electrons. The van der Waals surface area contributed by atoms with Crippen molar-refractivity contribution in [3.05, 3.63) is 18.2 Å². The Hall–Kier alpha value is -0.830. The largest absolute Gasteiger partial charge is 0.348 e. The van der Waals surface area contributed by atoms with Crippen molar-refractivity contribution in [2.75, 3.05) is 13.1 Å². The molecule has 2 rings (SSSR count). The Labute approximate surface area is 66.2 Å². The molecular formula is C8H13N3. The second-order valence-electron chi connectivity index (χ2n) is 3.05. The summed E-state index contributed by atoms with van der Waals surface area (Å²) in [5, 5.41) is 3.38. The van der Waals surface area contributed by atoms with Gasteiger partial charge in [0.25, 0.3) is 0 Å². The maximum atomic E-state index is 4.01. The first-order valence-electron chi connectivity index (χ1n) is 4.16. The van der Waals surface area contributed by atoms with Gasteiger partial charge in [0.2, 0.25) is 0 Å². The predicted molar refractivity (Wildman–Crippen MR) is 43.4 cm³/mol. The molecular weight excluding hydrogens is 138 g/mol. The third-order valence-electron chi connectivity index (χ3n) is 2.26. The molecule has 1 fully saturated rings. The summed E-state index contributed by atoms with van der Waals surface area (Å²) in [5.41, 5.74) is 1.28. The van der Waals surface area contributed by atoms with Crippen LogP contribution in [0, 0.1) is 0 Å². The van der Waals surface area contributed by atoms with Gasteiger partial charge < -0.3 is 10.3 Å². The van der Waals surface area contributed by atoms with Gasteiger partial charge in [0, 0.05) is 24.4 Å². The summed E-state index contributed by atoms with van der Waals surface area (Å²) in [6.07, 6.45) is 6.25. The van der Waals surface area contributed by atoms with Crippen LogP contribution in [0.2, 0.25) is 0 Å². The third kappa shape index (κ3) is 1.43. The second kappa shape index (κ2) is 3.05. The molecule has 0 amide bonds.